The van der Waals surface area contributed by atoms with Crippen LogP contribution in [0.2, 0.25) is 0 Å². The first-order chi connectivity index (χ1) is 4.68. The molecule has 0 spiro atoms. The molecule has 0 aromatic rings. The first-order valence-electron chi connectivity index (χ1n) is 4.03. The van der Waals surface area contributed by atoms with Crippen molar-refractivity contribution in [2.24, 2.45) is 5.73 Å². The summed E-state index contributed by atoms with van der Waals surface area (Å²) in [5.41, 5.74) is 6.10. The van der Waals surface area contributed by atoms with Crippen molar-refractivity contribution in [1.82, 2.24) is 0 Å². The Hall–Kier alpha value is -0.300. The van der Waals surface area contributed by atoms with Crippen LogP contribution in [-0.4, -0.2) is 6.54 Å². The number of rotatable bonds is 1. The minimum Gasteiger partial charge on any atom is -0.331 e. The first-order valence-corrected chi connectivity index (χ1v) is 4.03. The van der Waals surface area contributed by atoms with E-state index in [4.69, 9.17) is 5.73 Å². The quantitative estimate of drug-likeness (QED) is 0.564. The minimum absolute atomic E-state index is 0.750. The van der Waals surface area contributed by atoms with E-state index in [1.807, 2.05) is 27.7 Å². The van der Waals surface area contributed by atoms with Crippen molar-refractivity contribution < 1.29 is 0 Å². The average molecular weight is 145 g/mol. The predicted molar refractivity (Wildman–Crippen MR) is 51.2 cm³/mol. The average Bonchev–Trinajstić information content (AvgIpc) is 1.94. The Bertz CT molecular complexity index is 48.7. The molecule has 0 saturated carbocycles. The summed E-state index contributed by atoms with van der Waals surface area (Å²) in [4.78, 5) is 0. The topological polar surface area (TPSA) is 26.0 Å². The third kappa shape index (κ3) is 120. The van der Waals surface area contributed by atoms with Crippen LogP contribution in [0.5, 0.6) is 0 Å². The molecule has 0 saturated heterocycles. The van der Waals surface area contributed by atoms with E-state index in [1.165, 1.54) is 5.57 Å². The van der Waals surface area contributed by atoms with Crippen LogP contribution in [-0.2, 0) is 0 Å². The van der Waals surface area contributed by atoms with Gasteiger partial charge in [-0.2, -0.15) is 0 Å². The van der Waals surface area contributed by atoms with Gasteiger partial charge in [-0.25, -0.2) is 0 Å². The van der Waals surface area contributed by atoms with Crippen molar-refractivity contribution in [3.63, 3.8) is 0 Å². The molecule has 0 heterocycles. The van der Waals surface area contributed by atoms with E-state index in [0.717, 1.165) is 13.0 Å². The third-order valence-electron chi connectivity index (χ3n) is 0.604. The van der Waals surface area contributed by atoms with Gasteiger partial charge in [0.15, 0.2) is 0 Å². The Morgan fingerprint density at radius 1 is 1.30 bits per heavy atom. The highest BCUT2D eigenvalue weighted by Crippen LogP contribution is 1.88. The van der Waals surface area contributed by atoms with Gasteiger partial charge in [0, 0.05) is 0 Å². The summed E-state index contributed by atoms with van der Waals surface area (Å²) in [5, 5.41) is 0. The normalized spacial score (nSPS) is 6.20. The molecule has 0 bridgehead atoms. The van der Waals surface area contributed by atoms with Gasteiger partial charge in [-0.3, -0.25) is 0 Å². The molecule has 0 rings (SSSR count). The number of allylic oxidation sites excluding steroid dienone is 1. The number of nitrogens with two attached hydrogens (primary N) is 1. The summed E-state index contributed by atoms with van der Waals surface area (Å²) >= 11 is 0. The van der Waals surface area contributed by atoms with Crippen LogP contribution in [0.25, 0.3) is 0 Å². The van der Waals surface area contributed by atoms with E-state index in [1.54, 1.807) is 0 Å². The molecule has 0 atom stereocenters. The SMILES string of the molecule is C=C(C)CC.CC.CCN. The Kier molecular flexibility index (Phi) is 38.2. The molecule has 64 valence electrons. The van der Waals surface area contributed by atoms with Crippen molar-refractivity contribution in [1.29, 1.82) is 0 Å². The van der Waals surface area contributed by atoms with E-state index < -0.39 is 0 Å². The van der Waals surface area contributed by atoms with Crippen LogP contribution in [0, 0.1) is 0 Å². The van der Waals surface area contributed by atoms with Crippen molar-refractivity contribution >= 4 is 0 Å². The summed E-state index contributed by atoms with van der Waals surface area (Å²) in [6.45, 7) is 14.5. The molecule has 0 aliphatic carbocycles. The molecule has 2 N–H and O–H groups in total. The van der Waals surface area contributed by atoms with E-state index in [-0.39, 0.29) is 0 Å². The maximum Gasteiger partial charge on any atom is -0.0106 e. The predicted octanol–water partition coefficient (Wildman–Crippen LogP) is 2.96. The zero-order valence-corrected chi connectivity index (χ0v) is 8.20. The minimum atomic E-state index is 0.750. The van der Waals surface area contributed by atoms with Crippen molar-refractivity contribution in [3.05, 3.63) is 12.2 Å². The third-order valence-corrected chi connectivity index (χ3v) is 0.604. The molecule has 0 unspecified atom stereocenters. The highest BCUT2D eigenvalue weighted by Gasteiger charge is 1.67. The second-order valence-electron chi connectivity index (χ2n) is 1.72. The van der Waals surface area contributed by atoms with E-state index in [9.17, 15) is 0 Å². The summed E-state index contributed by atoms with van der Waals surface area (Å²) in [6, 6.07) is 0. The highest BCUT2D eigenvalue weighted by molar-refractivity contribution is 4.84. The van der Waals surface area contributed by atoms with Crippen LogP contribution < -0.4 is 5.73 Å². The monoisotopic (exact) mass is 145 g/mol. The molecule has 0 radical (unpaired) electrons. The van der Waals surface area contributed by atoms with Crippen molar-refractivity contribution in [2.75, 3.05) is 6.54 Å². The number of hydrogen-bond acceptors (Lipinski definition) is 1. The van der Waals surface area contributed by atoms with Crippen LogP contribution in [0.1, 0.15) is 41.0 Å². The van der Waals surface area contributed by atoms with Gasteiger partial charge in [-0.05, 0) is 19.9 Å². The van der Waals surface area contributed by atoms with Gasteiger partial charge in [-0.15, -0.1) is 6.58 Å². The fraction of sp³-hybridized carbons (Fsp3) is 0.778. The fourth-order valence-corrected chi connectivity index (χ4v) is 0. The molecule has 1 nitrogen and oxygen atoms in total. The summed E-state index contributed by atoms with van der Waals surface area (Å²) < 4.78 is 0. The Labute approximate surface area is 66.3 Å². The standard InChI is InChI=1S/C5H10.C2H7N.C2H6/c1-4-5(2)3;1-2-3;1-2/h2,4H2,1,3H3;2-3H2,1H3;1-2H3. The highest BCUT2D eigenvalue weighted by atomic mass is 14.5. The van der Waals surface area contributed by atoms with Gasteiger partial charge in [0.2, 0.25) is 0 Å². The zero-order chi connectivity index (χ0) is 8.99. The van der Waals surface area contributed by atoms with Crippen molar-refractivity contribution in [3.8, 4) is 0 Å². The fourth-order valence-electron chi connectivity index (χ4n) is 0. The van der Waals surface area contributed by atoms with Crippen LogP contribution in [0.15, 0.2) is 12.2 Å². The molecule has 0 aliphatic rings. The zero-order valence-electron chi connectivity index (χ0n) is 8.20. The molecular weight excluding hydrogens is 122 g/mol. The van der Waals surface area contributed by atoms with Gasteiger partial charge in [0.05, 0.1) is 0 Å². The van der Waals surface area contributed by atoms with Gasteiger partial charge in [-0.1, -0.05) is 33.3 Å². The van der Waals surface area contributed by atoms with Gasteiger partial charge in [0.1, 0.15) is 0 Å². The molecule has 0 aromatic heterocycles. The molecule has 0 fully saturated rings. The second kappa shape index (κ2) is 23.4. The maximum absolute atomic E-state index is 4.85. The van der Waals surface area contributed by atoms with Gasteiger partial charge < -0.3 is 5.73 Å². The van der Waals surface area contributed by atoms with E-state index >= 15 is 0 Å². The Balaban J connectivity index is -0.0000000847. The van der Waals surface area contributed by atoms with Crippen molar-refractivity contribution in [2.45, 2.75) is 41.0 Å². The number of hydrogen-bond donors (Lipinski definition) is 1. The second-order valence-corrected chi connectivity index (χ2v) is 1.72. The molecule has 0 aliphatic heterocycles. The van der Waals surface area contributed by atoms with E-state index in [0.29, 0.717) is 0 Å². The lowest BCUT2D eigenvalue weighted by molar-refractivity contribution is 1.11. The Morgan fingerprint density at radius 3 is 1.40 bits per heavy atom. The maximum atomic E-state index is 4.85. The molecule has 1 heteroatoms. The first kappa shape index (κ1) is 16.4. The van der Waals surface area contributed by atoms with Crippen LogP contribution in [0.4, 0.5) is 0 Å². The van der Waals surface area contributed by atoms with Crippen LogP contribution in [0.3, 0.4) is 0 Å². The lowest BCUT2D eigenvalue weighted by atomic mass is 10.3. The summed E-state index contributed by atoms with van der Waals surface area (Å²) in [6.07, 6.45) is 1.11. The molecular formula is C9H23N. The Morgan fingerprint density at radius 2 is 1.40 bits per heavy atom. The summed E-state index contributed by atoms with van der Waals surface area (Å²) in [5.74, 6) is 0. The largest absolute Gasteiger partial charge is 0.331 e. The molecule has 0 aromatic carbocycles. The van der Waals surface area contributed by atoms with E-state index in [2.05, 4.69) is 13.5 Å². The van der Waals surface area contributed by atoms with Gasteiger partial charge in [0.25, 0.3) is 0 Å². The molecule has 10 heavy (non-hydrogen) atoms. The smallest absolute Gasteiger partial charge is 0.0106 e. The lowest BCUT2D eigenvalue weighted by Gasteiger charge is -1.79. The lowest BCUT2D eigenvalue weighted by Crippen LogP contribution is -1.87. The summed E-state index contributed by atoms with van der Waals surface area (Å²) in [7, 11) is 0. The molecule has 0 amide bonds. The van der Waals surface area contributed by atoms with Gasteiger partial charge >= 0.3 is 0 Å². The van der Waals surface area contributed by atoms with Crippen LogP contribution >= 0.6 is 0 Å².